The van der Waals surface area contributed by atoms with Crippen molar-refractivity contribution < 1.29 is 24.4 Å². The van der Waals surface area contributed by atoms with Gasteiger partial charge >= 0.3 is 11.9 Å². The second-order valence-corrected chi connectivity index (χ2v) is 3.40. The first-order chi connectivity index (χ1) is 8.49. The van der Waals surface area contributed by atoms with Crippen LogP contribution in [0, 0.1) is 10.1 Å². The van der Waals surface area contributed by atoms with Crippen LogP contribution in [0.1, 0.15) is 34.1 Å². The number of benzene rings is 1. The lowest BCUT2D eigenvalue weighted by atomic mass is 10.1. The Kier molecular flexibility index (Phi) is 4.36. The summed E-state index contributed by atoms with van der Waals surface area (Å²) in [5.41, 5.74) is -1.54. The van der Waals surface area contributed by atoms with Crippen molar-refractivity contribution in [1.82, 2.24) is 0 Å². The minimum Gasteiger partial charge on any atom is -0.478 e. The third kappa shape index (κ3) is 2.82. The highest BCUT2D eigenvalue weighted by atomic mass is 16.6. The zero-order valence-electron chi connectivity index (χ0n) is 9.58. The van der Waals surface area contributed by atoms with Crippen LogP contribution < -0.4 is 0 Å². The number of carbonyl (C=O) groups excluding carboxylic acids is 1. The molecule has 7 nitrogen and oxygen atoms in total. The zero-order valence-corrected chi connectivity index (χ0v) is 9.58. The lowest BCUT2D eigenvalue weighted by Gasteiger charge is -2.06. The summed E-state index contributed by atoms with van der Waals surface area (Å²) >= 11 is 0. The third-order valence-corrected chi connectivity index (χ3v) is 2.11. The van der Waals surface area contributed by atoms with Crippen molar-refractivity contribution in [3.05, 3.63) is 39.4 Å². The summed E-state index contributed by atoms with van der Waals surface area (Å²) in [6, 6.07) is 3.39. The second kappa shape index (κ2) is 5.76. The van der Waals surface area contributed by atoms with Gasteiger partial charge in [0.2, 0.25) is 0 Å². The molecule has 0 amide bonds. The van der Waals surface area contributed by atoms with E-state index < -0.39 is 33.7 Å². The standard InChI is InChI=1S/C11H11NO6/c1-2-6-18-11(15)9-7(10(13)14)4-3-5-8(9)12(16)17/h3-5H,2,6H2,1H3,(H,13,14). The molecule has 0 unspecified atom stereocenters. The number of nitro benzene ring substituents is 1. The van der Waals surface area contributed by atoms with Crippen molar-refractivity contribution in [2.45, 2.75) is 13.3 Å². The van der Waals surface area contributed by atoms with Crippen LogP contribution in [0.5, 0.6) is 0 Å². The van der Waals surface area contributed by atoms with Gasteiger partial charge in [0.25, 0.3) is 5.69 Å². The van der Waals surface area contributed by atoms with E-state index in [1.807, 2.05) is 0 Å². The number of ether oxygens (including phenoxy) is 1. The molecule has 96 valence electrons. The van der Waals surface area contributed by atoms with E-state index in [2.05, 4.69) is 0 Å². The average molecular weight is 253 g/mol. The summed E-state index contributed by atoms with van der Waals surface area (Å²) < 4.78 is 4.75. The molecule has 0 saturated carbocycles. The Morgan fingerprint density at radius 3 is 2.61 bits per heavy atom. The van der Waals surface area contributed by atoms with Crippen molar-refractivity contribution >= 4 is 17.6 Å². The van der Waals surface area contributed by atoms with Crippen LogP contribution in [0.25, 0.3) is 0 Å². The third-order valence-electron chi connectivity index (χ3n) is 2.11. The molecule has 0 aliphatic carbocycles. The van der Waals surface area contributed by atoms with Gasteiger partial charge in [-0.2, -0.15) is 0 Å². The minimum atomic E-state index is -1.41. The van der Waals surface area contributed by atoms with E-state index >= 15 is 0 Å². The normalized spacial score (nSPS) is 9.83. The fraction of sp³-hybridized carbons (Fsp3) is 0.273. The lowest BCUT2D eigenvalue weighted by molar-refractivity contribution is -0.385. The molecular formula is C11H11NO6. The van der Waals surface area contributed by atoms with E-state index in [4.69, 9.17) is 9.84 Å². The molecule has 7 heteroatoms. The van der Waals surface area contributed by atoms with Crippen LogP contribution in [0.2, 0.25) is 0 Å². The van der Waals surface area contributed by atoms with Crippen LogP contribution in [0.15, 0.2) is 18.2 Å². The largest absolute Gasteiger partial charge is 0.478 e. The van der Waals surface area contributed by atoms with Gasteiger partial charge in [0.15, 0.2) is 5.56 Å². The van der Waals surface area contributed by atoms with Gasteiger partial charge < -0.3 is 9.84 Å². The number of carboxylic acids is 1. The molecule has 0 atom stereocenters. The van der Waals surface area contributed by atoms with Crippen molar-refractivity contribution in [1.29, 1.82) is 0 Å². The molecule has 0 fully saturated rings. The molecule has 0 aromatic heterocycles. The van der Waals surface area contributed by atoms with Crippen LogP contribution in [-0.2, 0) is 4.74 Å². The fourth-order valence-electron chi connectivity index (χ4n) is 1.35. The molecule has 0 saturated heterocycles. The Morgan fingerprint density at radius 1 is 1.44 bits per heavy atom. The van der Waals surface area contributed by atoms with Crippen molar-refractivity contribution in [3.63, 3.8) is 0 Å². The zero-order chi connectivity index (χ0) is 13.7. The predicted octanol–water partition coefficient (Wildman–Crippen LogP) is 1.86. The first-order valence-electron chi connectivity index (χ1n) is 5.16. The van der Waals surface area contributed by atoms with Gasteiger partial charge in [-0.25, -0.2) is 9.59 Å². The topological polar surface area (TPSA) is 107 Å². The molecule has 1 rings (SSSR count). The first-order valence-corrected chi connectivity index (χ1v) is 5.16. The van der Waals surface area contributed by atoms with E-state index in [1.165, 1.54) is 6.07 Å². The molecule has 18 heavy (non-hydrogen) atoms. The molecule has 0 aliphatic heterocycles. The van der Waals surface area contributed by atoms with Crippen LogP contribution in [0.4, 0.5) is 5.69 Å². The highest BCUT2D eigenvalue weighted by Crippen LogP contribution is 2.23. The van der Waals surface area contributed by atoms with Gasteiger partial charge in [-0.15, -0.1) is 0 Å². The fourth-order valence-corrected chi connectivity index (χ4v) is 1.35. The first kappa shape index (κ1) is 13.6. The lowest BCUT2D eigenvalue weighted by Crippen LogP contribution is -2.14. The molecule has 0 heterocycles. The molecule has 1 aromatic carbocycles. The Balaban J connectivity index is 3.31. The van der Waals surface area contributed by atoms with E-state index in [9.17, 15) is 19.7 Å². The van der Waals surface area contributed by atoms with Gasteiger partial charge in [-0.3, -0.25) is 10.1 Å². The summed E-state index contributed by atoms with van der Waals surface area (Å²) in [5.74, 6) is -2.41. The summed E-state index contributed by atoms with van der Waals surface area (Å²) in [6.45, 7) is 1.83. The number of carboxylic acid groups (broad SMARTS) is 1. The Hall–Kier alpha value is -2.44. The van der Waals surface area contributed by atoms with E-state index in [0.29, 0.717) is 6.42 Å². The number of nitrogens with zero attached hydrogens (tertiary/aromatic N) is 1. The number of carbonyl (C=O) groups is 2. The number of nitro groups is 1. The van der Waals surface area contributed by atoms with Crippen LogP contribution in [0.3, 0.4) is 0 Å². The number of hydrogen-bond acceptors (Lipinski definition) is 5. The molecule has 1 N–H and O–H groups in total. The van der Waals surface area contributed by atoms with E-state index in [-0.39, 0.29) is 6.61 Å². The average Bonchev–Trinajstić information content (AvgIpc) is 2.34. The molecular weight excluding hydrogens is 242 g/mol. The summed E-state index contributed by atoms with van der Waals surface area (Å²) in [5, 5.41) is 19.7. The van der Waals surface area contributed by atoms with Gasteiger partial charge in [0.1, 0.15) is 0 Å². The number of aromatic carboxylic acids is 1. The number of hydrogen-bond donors (Lipinski definition) is 1. The maximum Gasteiger partial charge on any atom is 0.346 e. The SMILES string of the molecule is CCCOC(=O)c1c(C(=O)O)cccc1[N+](=O)[O-]. The van der Waals surface area contributed by atoms with E-state index in [1.54, 1.807) is 6.92 Å². The number of esters is 1. The van der Waals surface area contributed by atoms with Crippen molar-refractivity contribution in [3.8, 4) is 0 Å². The highest BCUT2D eigenvalue weighted by Gasteiger charge is 2.28. The van der Waals surface area contributed by atoms with Crippen molar-refractivity contribution in [2.75, 3.05) is 6.61 Å². The molecule has 0 radical (unpaired) electrons. The van der Waals surface area contributed by atoms with Gasteiger partial charge in [0.05, 0.1) is 17.1 Å². The van der Waals surface area contributed by atoms with Crippen LogP contribution in [-0.4, -0.2) is 28.6 Å². The Morgan fingerprint density at radius 2 is 2.11 bits per heavy atom. The quantitative estimate of drug-likeness (QED) is 0.487. The van der Waals surface area contributed by atoms with Gasteiger partial charge in [-0.05, 0) is 12.5 Å². The Bertz CT molecular complexity index is 464. The maximum absolute atomic E-state index is 11.7. The predicted molar refractivity (Wildman–Crippen MR) is 60.6 cm³/mol. The summed E-state index contributed by atoms with van der Waals surface area (Å²) in [7, 11) is 0. The highest BCUT2D eigenvalue weighted by molar-refractivity contribution is 6.05. The maximum atomic E-state index is 11.7. The molecule has 0 bridgehead atoms. The smallest absolute Gasteiger partial charge is 0.346 e. The van der Waals surface area contributed by atoms with E-state index in [0.717, 1.165) is 12.1 Å². The number of rotatable bonds is 5. The monoisotopic (exact) mass is 253 g/mol. The summed E-state index contributed by atoms with van der Waals surface area (Å²) in [6.07, 6.45) is 0.536. The Labute approximate surface area is 102 Å². The summed E-state index contributed by atoms with van der Waals surface area (Å²) in [4.78, 5) is 32.6. The molecule has 0 spiro atoms. The van der Waals surface area contributed by atoms with Crippen LogP contribution >= 0.6 is 0 Å². The van der Waals surface area contributed by atoms with Crippen molar-refractivity contribution in [2.24, 2.45) is 0 Å². The van der Waals surface area contributed by atoms with Gasteiger partial charge in [-0.1, -0.05) is 13.0 Å². The molecule has 1 aromatic rings. The second-order valence-electron chi connectivity index (χ2n) is 3.40. The molecule has 0 aliphatic rings. The minimum absolute atomic E-state index is 0.0734. The van der Waals surface area contributed by atoms with Gasteiger partial charge in [0, 0.05) is 6.07 Å².